The third-order valence-corrected chi connectivity index (χ3v) is 7.17. The number of hydrogen-bond donors (Lipinski definition) is 0. The largest absolute Gasteiger partial charge is 0.394 e. The van der Waals surface area contributed by atoms with Crippen LogP contribution in [0.4, 0.5) is 13.2 Å². The lowest BCUT2D eigenvalue weighted by Gasteiger charge is -2.44. The van der Waals surface area contributed by atoms with Crippen LogP contribution in [0.2, 0.25) is 0 Å². The van der Waals surface area contributed by atoms with Crippen LogP contribution in [0.5, 0.6) is 0 Å². The third-order valence-electron chi connectivity index (χ3n) is 7.17. The fraction of sp³-hybridized carbons (Fsp3) is 1.00. The summed E-state index contributed by atoms with van der Waals surface area (Å²) in [6, 6.07) is 0. The first kappa shape index (κ1) is 24.8. The van der Waals surface area contributed by atoms with Crippen LogP contribution in [0.25, 0.3) is 0 Å². The van der Waals surface area contributed by atoms with Crippen LogP contribution < -0.4 is 0 Å². The molecule has 0 aromatic carbocycles. The topological polar surface area (TPSA) is 0 Å². The van der Waals surface area contributed by atoms with Crippen molar-refractivity contribution in [2.75, 3.05) is 0 Å². The molecule has 0 bridgehead atoms. The van der Waals surface area contributed by atoms with Gasteiger partial charge in [0, 0.05) is 0 Å². The van der Waals surface area contributed by atoms with E-state index in [0.717, 1.165) is 5.92 Å². The number of alkyl halides is 3. The molecule has 0 nitrogen and oxygen atoms in total. The molecule has 0 N–H and O–H groups in total. The van der Waals surface area contributed by atoms with Crippen molar-refractivity contribution >= 4 is 0 Å². The quantitative estimate of drug-likeness (QED) is 0.459. The monoisotopic (exact) mass is 364 g/mol. The Hall–Kier alpha value is -0.210. The molecule has 0 radical (unpaired) electrons. The Kier molecular flexibility index (Phi) is 9.05. The lowest BCUT2D eigenvalue weighted by molar-refractivity contribution is -0.241. The van der Waals surface area contributed by atoms with E-state index in [1.165, 1.54) is 32.1 Å². The van der Waals surface area contributed by atoms with E-state index >= 15 is 0 Å². The maximum absolute atomic E-state index is 12.8. The Balaban J connectivity index is 0.000000465. The summed E-state index contributed by atoms with van der Waals surface area (Å²) < 4.78 is 38.5. The fourth-order valence-electron chi connectivity index (χ4n) is 4.06. The molecule has 0 heterocycles. The van der Waals surface area contributed by atoms with Crippen LogP contribution in [-0.2, 0) is 0 Å². The van der Waals surface area contributed by atoms with Gasteiger partial charge in [-0.1, -0.05) is 68.2 Å². The zero-order chi connectivity index (χ0) is 18.6. The Bertz CT molecular complexity index is 363. The Morgan fingerprint density at radius 1 is 0.800 bits per heavy atom. The highest BCUT2D eigenvalue weighted by molar-refractivity contribution is 4.92. The fourth-order valence-corrected chi connectivity index (χ4v) is 4.06. The molecule has 0 spiro atoms. The van der Waals surface area contributed by atoms with Crippen LogP contribution in [0.15, 0.2) is 0 Å². The number of halogens is 3. The predicted octanol–water partition coefficient (Wildman–Crippen LogP) is 8.79. The second-order valence-electron chi connectivity index (χ2n) is 9.64. The van der Waals surface area contributed by atoms with Gasteiger partial charge in [-0.2, -0.15) is 13.2 Å². The highest BCUT2D eigenvalue weighted by atomic mass is 19.4. The summed E-state index contributed by atoms with van der Waals surface area (Å²) in [7, 11) is 0. The molecule has 2 rings (SSSR count). The minimum atomic E-state index is -4.02. The molecule has 0 unspecified atom stereocenters. The van der Waals surface area contributed by atoms with E-state index in [1.54, 1.807) is 6.92 Å². The minimum Gasteiger partial charge on any atom is -0.171 e. The molecule has 3 heteroatoms. The van der Waals surface area contributed by atoms with Gasteiger partial charge >= 0.3 is 6.18 Å². The van der Waals surface area contributed by atoms with Crippen molar-refractivity contribution in [2.45, 2.75) is 119 Å². The number of rotatable bonds is 2. The third kappa shape index (κ3) is 6.79. The Morgan fingerprint density at radius 3 is 1.56 bits per heavy atom. The summed E-state index contributed by atoms with van der Waals surface area (Å²) in [5, 5.41) is 0. The van der Waals surface area contributed by atoms with E-state index in [0.29, 0.717) is 31.1 Å². The van der Waals surface area contributed by atoms with Crippen LogP contribution in [0.3, 0.4) is 0 Å². The zero-order valence-corrected chi connectivity index (χ0v) is 16.8. The van der Waals surface area contributed by atoms with Crippen LogP contribution in [0.1, 0.15) is 113 Å². The van der Waals surface area contributed by atoms with Gasteiger partial charge in [0.05, 0.1) is 5.41 Å². The van der Waals surface area contributed by atoms with Crippen molar-refractivity contribution in [3.8, 4) is 0 Å². The van der Waals surface area contributed by atoms with Crippen molar-refractivity contribution in [1.82, 2.24) is 0 Å². The second kappa shape index (κ2) is 9.13. The number of hydrogen-bond acceptors (Lipinski definition) is 0. The molecule has 152 valence electrons. The van der Waals surface area contributed by atoms with Gasteiger partial charge in [-0.25, -0.2) is 0 Å². The predicted molar refractivity (Wildman–Crippen MR) is 104 cm³/mol. The zero-order valence-electron chi connectivity index (χ0n) is 16.8. The molecule has 0 saturated heterocycles. The summed E-state index contributed by atoms with van der Waals surface area (Å²) in [6.07, 6.45) is 5.44. The Labute approximate surface area is 155 Å². The second-order valence-corrected chi connectivity index (χ2v) is 9.64. The summed E-state index contributed by atoms with van der Waals surface area (Å²) in [6.45, 7) is 12.9. The van der Waals surface area contributed by atoms with Crippen LogP contribution >= 0.6 is 0 Å². The van der Waals surface area contributed by atoms with Gasteiger partial charge in [0.25, 0.3) is 0 Å². The summed E-state index contributed by atoms with van der Waals surface area (Å²) in [5.41, 5.74) is -0.584. The molecular weight excluding hydrogens is 321 g/mol. The molecule has 2 saturated carbocycles. The molecule has 2 aliphatic carbocycles. The molecule has 0 atom stereocenters. The maximum Gasteiger partial charge on any atom is 0.394 e. The van der Waals surface area contributed by atoms with E-state index in [1.807, 2.05) is 0 Å². The molecule has 0 aromatic heterocycles. The summed E-state index contributed by atoms with van der Waals surface area (Å²) in [4.78, 5) is 0. The molecule has 2 fully saturated rings. The van der Waals surface area contributed by atoms with E-state index in [9.17, 15) is 13.2 Å². The van der Waals surface area contributed by atoms with Gasteiger partial charge in [-0.05, 0) is 61.7 Å². The van der Waals surface area contributed by atoms with Crippen molar-refractivity contribution in [1.29, 1.82) is 0 Å². The lowest BCUT2D eigenvalue weighted by atomic mass is 9.63. The van der Waals surface area contributed by atoms with Gasteiger partial charge in [-0.3, -0.25) is 0 Å². The van der Waals surface area contributed by atoms with Gasteiger partial charge < -0.3 is 0 Å². The SMILES string of the molecule is C.CCC1(C(F)(F)F)CCC(C)(C)CC1.CCC1(C)CCC(C)CC1. The summed E-state index contributed by atoms with van der Waals surface area (Å²) >= 11 is 0. The molecular formula is C22H43F3. The van der Waals surface area contributed by atoms with Crippen molar-refractivity contribution in [3.63, 3.8) is 0 Å². The van der Waals surface area contributed by atoms with Crippen LogP contribution in [-0.4, -0.2) is 6.18 Å². The minimum absolute atomic E-state index is 0. The average molecular weight is 365 g/mol. The standard InChI is InChI=1S/C11H19F3.C10H20.CH4/c1-4-10(11(12,13)14)7-5-9(2,3)6-8-10;1-4-10(3)7-5-9(2)6-8-10;/h4-8H2,1-3H3;9H,4-8H2,1-3H3;1H4. The van der Waals surface area contributed by atoms with Gasteiger partial charge in [0.2, 0.25) is 0 Å². The molecule has 25 heavy (non-hydrogen) atoms. The van der Waals surface area contributed by atoms with E-state index in [2.05, 4.69) is 34.6 Å². The normalized spacial score (nSPS) is 31.3. The molecule has 0 aromatic rings. The van der Waals surface area contributed by atoms with E-state index in [4.69, 9.17) is 0 Å². The van der Waals surface area contributed by atoms with Crippen molar-refractivity contribution in [3.05, 3.63) is 0 Å². The highest BCUT2D eigenvalue weighted by Crippen LogP contribution is 2.55. The van der Waals surface area contributed by atoms with Crippen LogP contribution in [0, 0.1) is 22.2 Å². The van der Waals surface area contributed by atoms with Gasteiger partial charge in [-0.15, -0.1) is 0 Å². The van der Waals surface area contributed by atoms with Crippen molar-refractivity contribution in [2.24, 2.45) is 22.2 Å². The first-order valence-corrected chi connectivity index (χ1v) is 9.95. The van der Waals surface area contributed by atoms with E-state index in [-0.39, 0.29) is 19.3 Å². The molecule has 2 aliphatic rings. The Morgan fingerprint density at radius 2 is 1.24 bits per heavy atom. The smallest absolute Gasteiger partial charge is 0.171 e. The molecule has 0 aliphatic heterocycles. The molecule has 0 amide bonds. The lowest BCUT2D eigenvalue weighted by Crippen LogP contribution is -2.42. The van der Waals surface area contributed by atoms with Gasteiger partial charge in [0.15, 0.2) is 0 Å². The average Bonchev–Trinajstić information content (AvgIpc) is 2.50. The van der Waals surface area contributed by atoms with E-state index < -0.39 is 11.6 Å². The van der Waals surface area contributed by atoms with Crippen molar-refractivity contribution < 1.29 is 13.2 Å². The maximum atomic E-state index is 12.8. The van der Waals surface area contributed by atoms with Gasteiger partial charge in [0.1, 0.15) is 0 Å². The summed E-state index contributed by atoms with van der Waals surface area (Å²) in [5.74, 6) is 1.000. The first-order chi connectivity index (χ1) is 10.9. The highest BCUT2D eigenvalue weighted by Gasteiger charge is 2.55. The first-order valence-electron chi connectivity index (χ1n) is 9.95.